The van der Waals surface area contributed by atoms with E-state index in [2.05, 4.69) is 0 Å². The lowest BCUT2D eigenvalue weighted by atomic mass is 10.2. The Bertz CT molecular complexity index is 447. The van der Waals surface area contributed by atoms with Gasteiger partial charge < -0.3 is 28.8 Å². The van der Waals surface area contributed by atoms with Gasteiger partial charge in [-0.2, -0.15) is 0 Å². The number of ketones is 2. The van der Waals surface area contributed by atoms with E-state index in [1.165, 1.54) is 14.0 Å². The normalized spacial score (nSPS) is 12.9. The largest absolute Gasteiger partial charge is 0.465 e. The molecule has 0 aliphatic carbocycles. The van der Waals surface area contributed by atoms with Crippen molar-refractivity contribution >= 4 is 23.5 Å². The Hall–Kier alpha value is -1.88. The van der Waals surface area contributed by atoms with Gasteiger partial charge in [-0.05, 0) is 13.8 Å². The number of ether oxygens (including phenoxy) is 5. The molecule has 0 aromatic rings. The van der Waals surface area contributed by atoms with E-state index in [-0.39, 0.29) is 64.2 Å². The predicted octanol–water partition coefficient (Wildman–Crippen LogP) is -0.312. The molecule has 10 heteroatoms. The molecule has 0 aliphatic heterocycles. The third-order valence-corrected chi connectivity index (χ3v) is 3.50. The third-order valence-electron chi connectivity index (χ3n) is 3.50. The van der Waals surface area contributed by atoms with Gasteiger partial charge in [-0.25, -0.2) is 0 Å². The van der Waals surface area contributed by atoms with Crippen LogP contribution in [0.5, 0.6) is 0 Å². The van der Waals surface area contributed by atoms with Crippen LogP contribution in [-0.4, -0.2) is 88.1 Å². The average Bonchev–Trinajstić information content (AvgIpc) is 2.68. The summed E-state index contributed by atoms with van der Waals surface area (Å²) in [6.07, 6.45) is -0.267. The summed E-state index contributed by atoms with van der Waals surface area (Å²) < 4.78 is 24.7. The minimum absolute atomic E-state index is 0.0824. The zero-order valence-corrected chi connectivity index (χ0v) is 16.6. The highest BCUT2D eigenvalue weighted by Crippen LogP contribution is 1.99. The van der Waals surface area contributed by atoms with E-state index in [0.29, 0.717) is 6.42 Å². The zero-order valence-electron chi connectivity index (χ0n) is 16.6. The number of rotatable bonds is 17. The number of Topliss-reactive ketones (excluding diaryl/α,β-unsaturated/α-hetero) is 2. The first-order valence-corrected chi connectivity index (χ1v) is 8.97. The molecule has 0 heterocycles. The molecule has 2 unspecified atom stereocenters. The summed E-state index contributed by atoms with van der Waals surface area (Å²) in [7, 11) is 1.41. The SMILES string of the molecule is COC(C)C(=O)COCC(=O)COCCCOC(=O)CCOC(=O)C(C)CO. The summed E-state index contributed by atoms with van der Waals surface area (Å²) in [5.74, 6) is -2.29. The number of carbonyl (C=O) groups excluding carboxylic acids is 4. The number of esters is 2. The highest BCUT2D eigenvalue weighted by atomic mass is 16.6. The van der Waals surface area contributed by atoms with E-state index in [9.17, 15) is 19.2 Å². The molecule has 1 N–H and O–H groups in total. The van der Waals surface area contributed by atoms with E-state index in [1.54, 1.807) is 6.92 Å². The Morgan fingerprint density at radius 3 is 2.21 bits per heavy atom. The number of carbonyl (C=O) groups is 4. The quantitative estimate of drug-likeness (QED) is 0.253. The smallest absolute Gasteiger partial charge is 0.310 e. The van der Waals surface area contributed by atoms with Crippen LogP contribution in [0.3, 0.4) is 0 Å². The molecule has 28 heavy (non-hydrogen) atoms. The second-order valence-electron chi connectivity index (χ2n) is 6.00. The number of methoxy groups -OCH3 is 1. The first-order chi connectivity index (χ1) is 13.3. The molecule has 0 aromatic heterocycles. The molecule has 0 aliphatic rings. The summed E-state index contributed by atoms with van der Waals surface area (Å²) in [6, 6.07) is 0. The minimum Gasteiger partial charge on any atom is -0.465 e. The maximum atomic E-state index is 11.5. The fraction of sp³-hybridized carbons (Fsp3) is 0.778. The number of aliphatic hydroxyl groups is 1. The van der Waals surface area contributed by atoms with Gasteiger partial charge in [-0.3, -0.25) is 19.2 Å². The lowest BCUT2D eigenvalue weighted by Crippen LogP contribution is -2.26. The number of hydrogen-bond acceptors (Lipinski definition) is 10. The van der Waals surface area contributed by atoms with E-state index in [1.807, 2.05) is 0 Å². The molecule has 0 amide bonds. The van der Waals surface area contributed by atoms with Crippen molar-refractivity contribution in [3.63, 3.8) is 0 Å². The molecule has 0 rings (SSSR count). The van der Waals surface area contributed by atoms with Gasteiger partial charge in [0.05, 0.1) is 32.2 Å². The zero-order chi connectivity index (χ0) is 21.4. The second-order valence-corrected chi connectivity index (χ2v) is 6.00. The Morgan fingerprint density at radius 1 is 0.893 bits per heavy atom. The van der Waals surface area contributed by atoms with Gasteiger partial charge in [0.25, 0.3) is 0 Å². The van der Waals surface area contributed by atoms with Crippen molar-refractivity contribution in [3.05, 3.63) is 0 Å². The number of hydrogen-bond donors (Lipinski definition) is 1. The van der Waals surface area contributed by atoms with Crippen molar-refractivity contribution in [2.75, 3.05) is 53.4 Å². The van der Waals surface area contributed by atoms with E-state index in [4.69, 9.17) is 28.8 Å². The van der Waals surface area contributed by atoms with Crippen molar-refractivity contribution in [3.8, 4) is 0 Å². The van der Waals surface area contributed by atoms with Crippen LogP contribution in [0.4, 0.5) is 0 Å². The molecule has 10 nitrogen and oxygen atoms in total. The molecule has 0 saturated heterocycles. The Balaban J connectivity index is 3.57. The van der Waals surface area contributed by atoms with Gasteiger partial charge in [0.2, 0.25) is 0 Å². The molecule has 0 saturated carbocycles. The Labute approximate surface area is 164 Å². The van der Waals surface area contributed by atoms with Crippen LogP contribution in [-0.2, 0) is 42.9 Å². The second kappa shape index (κ2) is 16.1. The average molecular weight is 406 g/mol. The Morgan fingerprint density at radius 2 is 1.57 bits per heavy atom. The van der Waals surface area contributed by atoms with Crippen molar-refractivity contribution < 1.29 is 48.0 Å². The van der Waals surface area contributed by atoms with Gasteiger partial charge in [0.1, 0.15) is 32.5 Å². The van der Waals surface area contributed by atoms with Crippen LogP contribution in [0.1, 0.15) is 26.7 Å². The van der Waals surface area contributed by atoms with Gasteiger partial charge >= 0.3 is 11.9 Å². The van der Waals surface area contributed by atoms with Crippen LogP contribution >= 0.6 is 0 Å². The minimum atomic E-state index is -0.629. The van der Waals surface area contributed by atoms with Crippen LogP contribution in [0.25, 0.3) is 0 Å². The van der Waals surface area contributed by atoms with Crippen molar-refractivity contribution in [1.82, 2.24) is 0 Å². The molecule has 0 spiro atoms. The van der Waals surface area contributed by atoms with Crippen molar-refractivity contribution in [2.45, 2.75) is 32.8 Å². The summed E-state index contributed by atoms with van der Waals surface area (Å²) >= 11 is 0. The standard InChI is InChI=1S/C18H30O10/c1-13(9-19)18(23)28-8-5-17(22)27-7-4-6-25-10-15(20)11-26-12-16(21)14(2)24-3/h13-14,19H,4-12H2,1-3H3. The van der Waals surface area contributed by atoms with Gasteiger partial charge in [0, 0.05) is 13.5 Å². The van der Waals surface area contributed by atoms with E-state index < -0.39 is 24.0 Å². The molecule has 0 bridgehead atoms. The van der Waals surface area contributed by atoms with Gasteiger partial charge in [-0.15, -0.1) is 0 Å². The fourth-order valence-electron chi connectivity index (χ4n) is 1.61. The topological polar surface area (TPSA) is 135 Å². The van der Waals surface area contributed by atoms with E-state index in [0.717, 1.165) is 0 Å². The maximum absolute atomic E-state index is 11.5. The summed E-state index contributed by atoms with van der Waals surface area (Å²) in [4.78, 5) is 45.6. The Kier molecular flexibility index (Phi) is 15.0. The molecule has 0 radical (unpaired) electrons. The highest BCUT2D eigenvalue weighted by molar-refractivity contribution is 5.85. The summed E-state index contributed by atoms with van der Waals surface area (Å²) in [5, 5.41) is 8.78. The third kappa shape index (κ3) is 13.3. The number of aliphatic hydroxyl groups excluding tert-OH is 1. The molecular weight excluding hydrogens is 376 g/mol. The molecular formula is C18H30O10. The lowest BCUT2D eigenvalue weighted by Gasteiger charge is -2.09. The van der Waals surface area contributed by atoms with Crippen LogP contribution in [0.15, 0.2) is 0 Å². The van der Waals surface area contributed by atoms with Gasteiger partial charge in [0.15, 0.2) is 11.6 Å². The fourth-order valence-corrected chi connectivity index (χ4v) is 1.61. The first-order valence-electron chi connectivity index (χ1n) is 8.97. The monoisotopic (exact) mass is 406 g/mol. The lowest BCUT2D eigenvalue weighted by molar-refractivity contribution is -0.153. The van der Waals surface area contributed by atoms with Gasteiger partial charge in [-0.1, -0.05) is 0 Å². The van der Waals surface area contributed by atoms with Crippen LogP contribution in [0.2, 0.25) is 0 Å². The van der Waals surface area contributed by atoms with E-state index >= 15 is 0 Å². The molecule has 0 fully saturated rings. The predicted molar refractivity (Wildman–Crippen MR) is 95.5 cm³/mol. The highest BCUT2D eigenvalue weighted by Gasteiger charge is 2.14. The summed E-state index contributed by atoms with van der Waals surface area (Å²) in [5.41, 5.74) is 0. The molecule has 2 atom stereocenters. The first kappa shape index (κ1) is 26.1. The van der Waals surface area contributed by atoms with Crippen molar-refractivity contribution in [1.29, 1.82) is 0 Å². The van der Waals surface area contributed by atoms with Crippen molar-refractivity contribution in [2.24, 2.45) is 5.92 Å². The molecule has 0 aromatic carbocycles. The van der Waals surface area contributed by atoms with Crippen LogP contribution < -0.4 is 0 Å². The summed E-state index contributed by atoms with van der Waals surface area (Å²) in [6.45, 7) is 2.39. The van der Waals surface area contributed by atoms with Crippen LogP contribution in [0, 0.1) is 5.92 Å². The molecule has 162 valence electrons. The maximum Gasteiger partial charge on any atom is 0.310 e.